The first-order chi connectivity index (χ1) is 9.86. The topological polar surface area (TPSA) is 20.3 Å². The molecule has 0 radical (unpaired) electrons. The second-order valence-corrected chi connectivity index (χ2v) is 6.70. The second kappa shape index (κ2) is 7.01. The van der Waals surface area contributed by atoms with E-state index in [9.17, 15) is 4.79 Å². The monoisotopic (exact) mass is 405 g/mol. The zero-order valence-electron chi connectivity index (χ0n) is 11.0. The van der Waals surface area contributed by atoms with Gasteiger partial charge in [-0.25, -0.2) is 0 Å². The zero-order chi connectivity index (χ0) is 15.6. The van der Waals surface area contributed by atoms with Gasteiger partial charge in [0.15, 0.2) is 0 Å². The summed E-state index contributed by atoms with van der Waals surface area (Å²) in [6.45, 7) is 0.410. The number of nitrogens with zero attached hydrogens (tertiary/aromatic N) is 1. The first-order valence-corrected chi connectivity index (χ1v) is 7.95. The Labute approximate surface area is 146 Å². The lowest BCUT2D eigenvalue weighted by molar-refractivity contribution is 0.0785. The minimum absolute atomic E-state index is 0.125. The van der Waals surface area contributed by atoms with Crippen LogP contribution in [-0.2, 0) is 6.54 Å². The van der Waals surface area contributed by atoms with Crippen LogP contribution in [0, 0.1) is 0 Å². The fourth-order valence-electron chi connectivity index (χ4n) is 1.90. The van der Waals surface area contributed by atoms with Crippen LogP contribution in [0.25, 0.3) is 0 Å². The van der Waals surface area contributed by atoms with Crippen LogP contribution in [0.2, 0.25) is 15.1 Å². The number of halogens is 4. The molecule has 0 aliphatic rings. The molecule has 6 heteroatoms. The second-order valence-electron chi connectivity index (χ2n) is 4.57. The minimum atomic E-state index is -0.125. The van der Waals surface area contributed by atoms with Gasteiger partial charge >= 0.3 is 0 Å². The molecular formula is C15H11BrCl3NO. The Morgan fingerprint density at radius 2 is 1.71 bits per heavy atom. The van der Waals surface area contributed by atoms with E-state index in [2.05, 4.69) is 15.9 Å². The molecule has 0 N–H and O–H groups in total. The maximum Gasteiger partial charge on any atom is 0.253 e. The predicted octanol–water partition coefficient (Wildman–Crippen LogP) is 5.68. The van der Waals surface area contributed by atoms with Crippen molar-refractivity contribution in [2.75, 3.05) is 7.05 Å². The molecule has 0 saturated carbocycles. The summed E-state index contributed by atoms with van der Waals surface area (Å²) in [7, 11) is 1.72. The molecule has 0 aliphatic carbocycles. The highest BCUT2D eigenvalue weighted by Crippen LogP contribution is 2.24. The van der Waals surface area contributed by atoms with E-state index >= 15 is 0 Å². The normalized spacial score (nSPS) is 10.5. The Morgan fingerprint density at radius 3 is 2.29 bits per heavy atom. The van der Waals surface area contributed by atoms with Gasteiger partial charge in [-0.3, -0.25) is 4.79 Å². The molecule has 2 rings (SSSR count). The summed E-state index contributed by atoms with van der Waals surface area (Å²) < 4.78 is 0.755. The summed E-state index contributed by atoms with van der Waals surface area (Å²) in [6.07, 6.45) is 0. The Kier molecular flexibility index (Phi) is 5.55. The van der Waals surface area contributed by atoms with E-state index in [0.29, 0.717) is 27.2 Å². The number of hydrogen-bond donors (Lipinski definition) is 0. The molecule has 0 atom stereocenters. The highest BCUT2D eigenvalue weighted by molar-refractivity contribution is 9.10. The van der Waals surface area contributed by atoms with Gasteiger partial charge in [0, 0.05) is 33.7 Å². The smallest absolute Gasteiger partial charge is 0.253 e. The van der Waals surface area contributed by atoms with E-state index in [4.69, 9.17) is 34.8 Å². The van der Waals surface area contributed by atoms with E-state index in [1.54, 1.807) is 48.3 Å². The van der Waals surface area contributed by atoms with Gasteiger partial charge in [-0.2, -0.15) is 0 Å². The van der Waals surface area contributed by atoms with E-state index in [1.165, 1.54) is 0 Å². The SMILES string of the molecule is CN(Cc1cc(Cl)cc(Cl)c1)C(=O)c1ccc(Br)c(Cl)c1. The standard InChI is InChI=1S/C15H11BrCl3NO/c1-20(8-9-4-11(17)7-12(18)5-9)15(21)10-2-3-13(16)14(19)6-10/h2-7H,8H2,1H3. The van der Waals surface area contributed by atoms with E-state index in [1.807, 2.05) is 0 Å². The molecule has 21 heavy (non-hydrogen) atoms. The van der Waals surface area contributed by atoms with Gasteiger partial charge in [0.2, 0.25) is 0 Å². The average Bonchev–Trinajstić information content (AvgIpc) is 2.39. The lowest BCUT2D eigenvalue weighted by atomic mass is 10.1. The molecule has 1 amide bonds. The fraction of sp³-hybridized carbons (Fsp3) is 0.133. The van der Waals surface area contributed by atoms with Gasteiger partial charge in [-0.05, 0) is 57.9 Å². The molecule has 2 aromatic rings. The fourth-order valence-corrected chi connectivity index (χ4v) is 2.90. The summed E-state index contributed by atoms with van der Waals surface area (Å²) in [4.78, 5) is 14.0. The molecule has 2 aromatic carbocycles. The number of carbonyl (C=O) groups excluding carboxylic acids is 1. The molecule has 0 bridgehead atoms. The minimum Gasteiger partial charge on any atom is -0.337 e. The molecule has 0 saturated heterocycles. The summed E-state index contributed by atoms with van der Waals surface area (Å²) >= 11 is 21.2. The summed E-state index contributed by atoms with van der Waals surface area (Å²) in [6, 6.07) is 10.3. The van der Waals surface area contributed by atoms with Crippen LogP contribution in [0.15, 0.2) is 40.9 Å². The Bertz CT molecular complexity index is 670. The predicted molar refractivity (Wildman–Crippen MR) is 91.4 cm³/mol. The van der Waals surface area contributed by atoms with E-state index < -0.39 is 0 Å². The quantitative estimate of drug-likeness (QED) is 0.641. The van der Waals surface area contributed by atoms with Crippen molar-refractivity contribution in [1.29, 1.82) is 0 Å². The van der Waals surface area contributed by atoms with Crippen LogP contribution in [-0.4, -0.2) is 17.9 Å². The van der Waals surface area contributed by atoms with Crippen LogP contribution in [0.1, 0.15) is 15.9 Å². The van der Waals surface area contributed by atoms with E-state index in [-0.39, 0.29) is 5.91 Å². The Morgan fingerprint density at radius 1 is 1.10 bits per heavy atom. The van der Waals surface area contributed by atoms with Crippen LogP contribution in [0.3, 0.4) is 0 Å². The van der Waals surface area contributed by atoms with Gasteiger partial charge in [-0.1, -0.05) is 34.8 Å². The van der Waals surface area contributed by atoms with Crippen molar-refractivity contribution in [2.45, 2.75) is 6.54 Å². The lowest BCUT2D eigenvalue weighted by Crippen LogP contribution is -2.26. The van der Waals surface area contributed by atoms with Gasteiger partial charge in [-0.15, -0.1) is 0 Å². The van der Waals surface area contributed by atoms with Gasteiger partial charge in [0.25, 0.3) is 5.91 Å². The largest absolute Gasteiger partial charge is 0.337 e. The van der Waals surface area contributed by atoms with Gasteiger partial charge in [0.1, 0.15) is 0 Å². The van der Waals surface area contributed by atoms with Crippen LogP contribution in [0.5, 0.6) is 0 Å². The zero-order valence-corrected chi connectivity index (χ0v) is 14.9. The van der Waals surface area contributed by atoms with Gasteiger partial charge < -0.3 is 4.90 Å². The highest BCUT2D eigenvalue weighted by Gasteiger charge is 2.14. The number of amides is 1. The number of rotatable bonds is 3. The molecule has 110 valence electrons. The van der Waals surface area contributed by atoms with Crippen LogP contribution >= 0.6 is 50.7 Å². The third-order valence-electron chi connectivity index (χ3n) is 2.86. The van der Waals surface area contributed by atoms with Crippen molar-refractivity contribution >= 4 is 56.6 Å². The molecule has 0 aliphatic heterocycles. The third-order valence-corrected chi connectivity index (χ3v) is 4.52. The lowest BCUT2D eigenvalue weighted by Gasteiger charge is -2.18. The molecular weight excluding hydrogens is 396 g/mol. The van der Waals surface area contributed by atoms with Crippen molar-refractivity contribution in [3.05, 3.63) is 67.1 Å². The van der Waals surface area contributed by atoms with Crippen molar-refractivity contribution in [3.63, 3.8) is 0 Å². The first-order valence-electron chi connectivity index (χ1n) is 6.02. The molecule has 0 fully saturated rings. The molecule has 0 aromatic heterocycles. The van der Waals surface area contributed by atoms with Gasteiger partial charge in [0.05, 0.1) is 5.02 Å². The van der Waals surface area contributed by atoms with Crippen molar-refractivity contribution in [3.8, 4) is 0 Å². The summed E-state index contributed by atoms with van der Waals surface area (Å²) in [5.74, 6) is -0.125. The number of benzene rings is 2. The third kappa shape index (κ3) is 4.36. The first kappa shape index (κ1) is 16.6. The summed E-state index contributed by atoms with van der Waals surface area (Å²) in [5.41, 5.74) is 1.39. The van der Waals surface area contributed by atoms with Crippen LogP contribution < -0.4 is 0 Å². The summed E-state index contributed by atoms with van der Waals surface area (Å²) in [5, 5.41) is 1.59. The molecule has 0 heterocycles. The number of hydrogen-bond acceptors (Lipinski definition) is 1. The maximum atomic E-state index is 12.4. The van der Waals surface area contributed by atoms with Crippen molar-refractivity contribution < 1.29 is 4.79 Å². The van der Waals surface area contributed by atoms with E-state index in [0.717, 1.165) is 10.0 Å². The Hall–Kier alpha value is -0.740. The van der Waals surface area contributed by atoms with Crippen molar-refractivity contribution in [1.82, 2.24) is 4.90 Å². The maximum absolute atomic E-state index is 12.4. The Balaban J connectivity index is 2.17. The molecule has 2 nitrogen and oxygen atoms in total. The number of carbonyl (C=O) groups is 1. The van der Waals surface area contributed by atoms with Crippen LogP contribution in [0.4, 0.5) is 0 Å². The average molecular weight is 408 g/mol. The molecule has 0 spiro atoms. The van der Waals surface area contributed by atoms with Crippen molar-refractivity contribution in [2.24, 2.45) is 0 Å². The molecule has 0 unspecified atom stereocenters. The highest BCUT2D eigenvalue weighted by atomic mass is 79.9.